The summed E-state index contributed by atoms with van der Waals surface area (Å²) < 4.78 is 0.781. The van der Waals surface area contributed by atoms with E-state index in [0.29, 0.717) is 30.1 Å². The van der Waals surface area contributed by atoms with Crippen molar-refractivity contribution in [2.24, 2.45) is 5.92 Å². The molecule has 0 saturated carbocycles. The number of halogens is 2. The van der Waals surface area contributed by atoms with Gasteiger partial charge in [-0.25, -0.2) is 0 Å². The maximum Gasteiger partial charge on any atom is 0.253 e. The summed E-state index contributed by atoms with van der Waals surface area (Å²) in [6.07, 6.45) is 0.333. The van der Waals surface area contributed by atoms with Gasteiger partial charge in [-0.1, -0.05) is 18.5 Å². The van der Waals surface area contributed by atoms with Gasteiger partial charge in [-0.15, -0.1) is 0 Å². The molecule has 2 atom stereocenters. The average Bonchev–Trinajstić information content (AvgIpc) is 2.35. The molecule has 1 fully saturated rings. The molecule has 0 aliphatic carbocycles. The van der Waals surface area contributed by atoms with E-state index in [4.69, 9.17) is 11.6 Å². The Balaban J connectivity index is 2.14. The van der Waals surface area contributed by atoms with Crippen LogP contribution in [0.4, 0.5) is 0 Å². The van der Waals surface area contributed by atoms with Crippen molar-refractivity contribution >= 4 is 33.4 Å². The molecule has 0 bridgehead atoms. The molecule has 98 valence electrons. The van der Waals surface area contributed by atoms with E-state index in [2.05, 4.69) is 15.9 Å². The van der Waals surface area contributed by atoms with Crippen LogP contribution in [0.15, 0.2) is 22.7 Å². The van der Waals surface area contributed by atoms with E-state index in [1.54, 1.807) is 23.1 Å². The van der Waals surface area contributed by atoms with Gasteiger partial charge in [-0.2, -0.15) is 0 Å². The molecule has 0 aromatic heterocycles. The summed E-state index contributed by atoms with van der Waals surface area (Å²) in [6.45, 7) is 3.14. The number of hydrogen-bond acceptors (Lipinski definition) is 2. The highest BCUT2D eigenvalue weighted by Gasteiger charge is 2.27. The second kappa shape index (κ2) is 5.59. The van der Waals surface area contributed by atoms with Crippen LogP contribution in [0.5, 0.6) is 0 Å². The molecular formula is C13H15BrClNO2. The summed E-state index contributed by atoms with van der Waals surface area (Å²) in [7, 11) is 0. The minimum Gasteiger partial charge on any atom is -0.393 e. The SMILES string of the molecule is CC1CN(C(=O)c2ccc(Br)c(Cl)c2)CCC1O. The van der Waals surface area contributed by atoms with Gasteiger partial charge in [0.1, 0.15) is 0 Å². The molecule has 2 rings (SSSR count). The summed E-state index contributed by atoms with van der Waals surface area (Å²) in [5, 5.41) is 10.2. The largest absolute Gasteiger partial charge is 0.393 e. The lowest BCUT2D eigenvalue weighted by molar-refractivity contribution is 0.0297. The number of carbonyl (C=O) groups excluding carboxylic acids is 1. The van der Waals surface area contributed by atoms with Crippen molar-refractivity contribution in [1.82, 2.24) is 4.90 Å². The van der Waals surface area contributed by atoms with E-state index in [9.17, 15) is 9.90 Å². The molecule has 3 nitrogen and oxygen atoms in total. The fourth-order valence-electron chi connectivity index (χ4n) is 2.13. The first-order valence-electron chi connectivity index (χ1n) is 5.91. The summed E-state index contributed by atoms with van der Waals surface area (Å²) in [5.74, 6) is 0.0942. The summed E-state index contributed by atoms with van der Waals surface area (Å²) in [4.78, 5) is 14.1. The average molecular weight is 333 g/mol. The predicted molar refractivity (Wildman–Crippen MR) is 74.8 cm³/mol. The highest BCUT2D eigenvalue weighted by atomic mass is 79.9. The molecule has 5 heteroatoms. The number of carbonyl (C=O) groups is 1. The monoisotopic (exact) mass is 331 g/mol. The van der Waals surface area contributed by atoms with Gasteiger partial charge in [0.15, 0.2) is 0 Å². The second-order valence-corrected chi connectivity index (χ2v) is 5.97. The van der Waals surface area contributed by atoms with Crippen LogP contribution in [0.25, 0.3) is 0 Å². The van der Waals surface area contributed by atoms with Crippen LogP contribution in [-0.4, -0.2) is 35.1 Å². The molecule has 1 aliphatic rings. The number of likely N-dealkylation sites (tertiary alicyclic amines) is 1. The molecule has 1 amide bonds. The minimum atomic E-state index is -0.303. The Bertz CT molecular complexity index is 466. The van der Waals surface area contributed by atoms with E-state index in [1.807, 2.05) is 6.92 Å². The maximum atomic E-state index is 12.3. The van der Waals surface area contributed by atoms with Crippen molar-refractivity contribution in [2.45, 2.75) is 19.4 Å². The summed E-state index contributed by atoms with van der Waals surface area (Å²) >= 11 is 9.29. The number of aliphatic hydroxyl groups is 1. The van der Waals surface area contributed by atoms with Gasteiger partial charge in [0.2, 0.25) is 0 Å². The summed E-state index contributed by atoms with van der Waals surface area (Å²) in [6, 6.07) is 5.20. The Kier molecular flexibility index (Phi) is 4.30. The first-order valence-corrected chi connectivity index (χ1v) is 7.08. The fourth-order valence-corrected chi connectivity index (χ4v) is 2.56. The van der Waals surface area contributed by atoms with Crippen LogP contribution in [0.1, 0.15) is 23.7 Å². The fraction of sp³-hybridized carbons (Fsp3) is 0.462. The van der Waals surface area contributed by atoms with Gasteiger partial charge in [0, 0.05) is 23.1 Å². The van der Waals surface area contributed by atoms with Crippen LogP contribution in [-0.2, 0) is 0 Å². The van der Waals surface area contributed by atoms with Gasteiger partial charge in [-0.3, -0.25) is 4.79 Å². The molecule has 1 N–H and O–H groups in total. The second-order valence-electron chi connectivity index (χ2n) is 4.71. The van der Waals surface area contributed by atoms with Crippen molar-refractivity contribution in [1.29, 1.82) is 0 Å². The maximum absolute atomic E-state index is 12.3. The molecule has 1 aromatic carbocycles. The molecule has 2 unspecified atom stereocenters. The third-order valence-corrected chi connectivity index (χ3v) is 4.55. The van der Waals surface area contributed by atoms with Crippen LogP contribution < -0.4 is 0 Å². The zero-order chi connectivity index (χ0) is 13.3. The Hall–Kier alpha value is -0.580. The molecule has 18 heavy (non-hydrogen) atoms. The third-order valence-electron chi connectivity index (χ3n) is 3.31. The van der Waals surface area contributed by atoms with Crippen LogP contribution >= 0.6 is 27.5 Å². The summed E-state index contributed by atoms with van der Waals surface area (Å²) in [5.41, 5.74) is 0.590. The van der Waals surface area contributed by atoms with Crippen molar-refractivity contribution in [3.05, 3.63) is 33.3 Å². The zero-order valence-electron chi connectivity index (χ0n) is 10.1. The van der Waals surface area contributed by atoms with Gasteiger partial charge in [0.05, 0.1) is 11.1 Å². The topological polar surface area (TPSA) is 40.5 Å². The Morgan fingerprint density at radius 1 is 1.56 bits per heavy atom. The highest BCUT2D eigenvalue weighted by molar-refractivity contribution is 9.10. The molecule has 0 radical (unpaired) electrons. The molecule has 1 saturated heterocycles. The first-order chi connectivity index (χ1) is 8.49. The van der Waals surface area contributed by atoms with Gasteiger partial charge >= 0.3 is 0 Å². The van der Waals surface area contributed by atoms with Gasteiger partial charge < -0.3 is 10.0 Å². The van der Waals surface area contributed by atoms with Gasteiger partial charge in [0.25, 0.3) is 5.91 Å². The zero-order valence-corrected chi connectivity index (χ0v) is 12.4. The number of hydrogen-bond donors (Lipinski definition) is 1. The van der Waals surface area contributed by atoms with E-state index >= 15 is 0 Å². The minimum absolute atomic E-state index is 0.0249. The standard InChI is InChI=1S/C13H15BrClNO2/c1-8-7-16(5-4-12(8)17)13(18)9-2-3-10(14)11(15)6-9/h2-3,6,8,12,17H,4-5,7H2,1H3. The van der Waals surface area contributed by atoms with Crippen molar-refractivity contribution in [3.63, 3.8) is 0 Å². The Morgan fingerprint density at radius 2 is 2.28 bits per heavy atom. The highest BCUT2D eigenvalue weighted by Crippen LogP contribution is 2.25. The predicted octanol–water partition coefficient (Wildman–Crippen LogP) is 2.95. The number of amides is 1. The number of rotatable bonds is 1. The first kappa shape index (κ1) is 13.8. The smallest absolute Gasteiger partial charge is 0.253 e. The van der Waals surface area contributed by atoms with E-state index in [-0.39, 0.29) is 17.9 Å². The molecule has 1 heterocycles. The Labute approximate surface area is 120 Å². The molecule has 1 aliphatic heterocycles. The molecular weight excluding hydrogens is 318 g/mol. The van der Waals surface area contributed by atoms with Crippen LogP contribution in [0.2, 0.25) is 5.02 Å². The van der Waals surface area contributed by atoms with Crippen LogP contribution in [0, 0.1) is 5.92 Å². The molecule has 1 aromatic rings. The lowest BCUT2D eigenvalue weighted by Crippen LogP contribution is -2.44. The van der Waals surface area contributed by atoms with Crippen molar-refractivity contribution in [3.8, 4) is 0 Å². The number of aliphatic hydroxyl groups excluding tert-OH is 1. The number of nitrogens with zero attached hydrogens (tertiary/aromatic N) is 1. The van der Waals surface area contributed by atoms with Gasteiger partial charge in [-0.05, 0) is 46.5 Å². The lowest BCUT2D eigenvalue weighted by atomic mass is 9.96. The van der Waals surface area contributed by atoms with E-state index in [0.717, 1.165) is 4.47 Å². The van der Waals surface area contributed by atoms with E-state index in [1.165, 1.54) is 0 Å². The number of benzene rings is 1. The Morgan fingerprint density at radius 3 is 2.89 bits per heavy atom. The quantitative estimate of drug-likeness (QED) is 0.859. The van der Waals surface area contributed by atoms with Crippen LogP contribution in [0.3, 0.4) is 0 Å². The van der Waals surface area contributed by atoms with E-state index < -0.39 is 0 Å². The third kappa shape index (κ3) is 2.87. The number of piperidine rings is 1. The van der Waals surface area contributed by atoms with Crippen molar-refractivity contribution < 1.29 is 9.90 Å². The molecule has 0 spiro atoms. The lowest BCUT2D eigenvalue weighted by Gasteiger charge is -2.34. The normalized spacial score (nSPS) is 24.1. The van der Waals surface area contributed by atoms with Crippen molar-refractivity contribution in [2.75, 3.05) is 13.1 Å².